The Morgan fingerprint density at radius 1 is 1.25 bits per heavy atom. The molecule has 0 aliphatic rings. The highest BCUT2D eigenvalue weighted by molar-refractivity contribution is 5.87. The minimum absolute atomic E-state index is 0.299. The van der Waals surface area contributed by atoms with Gasteiger partial charge in [-0.15, -0.1) is 6.58 Å². The van der Waals surface area contributed by atoms with E-state index in [1.54, 1.807) is 30.3 Å². The van der Waals surface area contributed by atoms with E-state index < -0.39 is 30.0 Å². The summed E-state index contributed by atoms with van der Waals surface area (Å²) in [6.45, 7) is 2.80. The molecule has 0 aromatic heterocycles. The molecule has 0 amide bonds. The second-order valence-corrected chi connectivity index (χ2v) is 3.84. The summed E-state index contributed by atoms with van der Waals surface area (Å²) in [6, 6.07) is 8.24. The number of carbonyl (C=O) groups is 1. The van der Waals surface area contributed by atoms with Gasteiger partial charge < -0.3 is 4.74 Å². The van der Waals surface area contributed by atoms with Crippen molar-refractivity contribution in [1.29, 1.82) is 0 Å². The fourth-order valence-corrected chi connectivity index (χ4v) is 1.38. The molecule has 0 unspecified atom stereocenters. The Labute approximate surface area is 113 Å². The molecule has 0 heterocycles. The molecule has 1 aromatic rings. The fraction of sp³-hybridized carbons (Fsp3) is 0.214. The van der Waals surface area contributed by atoms with E-state index in [1.807, 2.05) is 0 Å². The highest BCUT2D eigenvalue weighted by Crippen LogP contribution is 2.32. The molecular weight excluding hydrogens is 276 g/mol. The topological polar surface area (TPSA) is 26.3 Å². The first-order valence-corrected chi connectivity index (χ1v) is 5.64. The highest BCUT2D eigenvalue weighted by atomic mass is 19.4. The molecular formula is C14H12F4O2. The maximum atomic E-state index is 13.5. The third kappa shape index (κ3) is 4.53. The molecule has 0 N–H and O–H groups in total. The van der Waals surface area contributed by atoms with Crippen LogP contribution in [0.2, 0.25) is 0 Å². The van der Waals surface area contributed by atoms with E-state index in [0.717, 1.165) is 6.08 Å². The second kappa shape index (κ2) is 6.88. The van der Waals surface area contributed by atoms with Crippen molar-refractivity contribution in [1.82, 2.24) is 0 Å². The molecule has 1 aromatic carbocycles. The molecule has 20 heavy (non-hydrogen) atoms. The van der Waals surface area contributed by atoms with Crippen LogP contribution in [0, 0.1) is 0 Å². The monoisotopic (exact) mass is 288 g/mol. The van der Waals surface area contributed by atoms with E-state index in [2.05, 4.69) is 11.3 Å². The van der Waals surface area contributed by atoms with Gasteiger partial charge in [-0.25, -0.2) is 4.79 Å². The number of esters is 1. The summed E-state index contributed by atoms with van der Waals surface area (Å²) in [5.41, 5.74) is -1.04. The normalized spacial score (nSPS) is 12.6. The number of benzene rings is 1. The molecule has 0 bridgehead atoms. The minimum atomic E-state index is -4.94. The van der Waals surface area contributed by atoms with Crippen molar-refractivity contribution in [3.8, 4) is 0 Å². The number of hydrogen-bond donors (Lipinski definition) is 0. The summed E-state index contributed by atoms with van der Waals surface area (Å²) < 4.78 is 55.6. The lowest BCUT2D eigenvalue weighted by atomic mass is 10.1. The van der Waals surface area contributed by atoms with Crippen LogP contribution in [0.25, 0.3) is 0 Å². The van der Waals surface area contributed by atoms with E-state index in [9.17, 15) is 22.4 Å². The van der Waals surface area contributed by atoms with Crippen molar-refractivity contribution < 1.29 is 27.1 Å². The summed E-state index contributed by atoms with van der Waals surface area (Å²) in [4.78, 5) is 11.3. The van der Waals surface area contributed by atoms with Gasteiger partial charge in [0.15, 0.2) is 0 Å². The van der Waals surface area contributed by atoms with Gasteiger partial charge in [0.25, 0.3) is 0 Å². The lowest BCUT2D eigenvalue weighted by Crippen LogP contribution is -2.17. The maximum Gasteiger partial charge on any atom is 0.416 e. The van der Waals surface area contributed by atoms with Gasteiger partial charge in [0.2, 0.25) is 5.83 Å². The molecule has 6 heteroatoms. The largest absolute Gasteiger partial charge is 0.456 e. The van der Waals surface area contributed by atoms with Gasteiger partial charge >= 0.3 is 12.1 Å². The smallest absolute Gasteiger partial charge is 0.416 e. The van der Waals surface area contributed by atoms with Gasteiger partial charge in [-0.2, -0.15) is 17.6 Å². The van der Waals surface area contributed by atoms with Crippen LogP contribution in [0.15, 0.2) is 54.4 Å². The number of hydrogen-bond acceptors (Lipinski definition) is 2. The molecule has 1 rings (SSSR count). The zero-order chi connectivity index (χ0) is 15.2. The number of halogens is 4. The number of alkyl halides is 3. The summed E-state index contributed by atoms with van der Waals surface area (Å²) in [7, 11) is 0. The van der Waals surface area contributed by atoms with Gasteiger partial charge in [0.1, 0.15) is 6.61 Å². The van der Waals surface area contributed by atoms with Crippen LogP contribution in [0.5, 0.6) is 0 Å². The molecule has 108 valence electrons. The van der Waals surface area contributed by atoms with E-state index in [0.29, 0.717) is 5.56 Å². The molecule has 0 spiro atoms. The molecule has 0 saturated heterocycles. The summed E-state index contributed by atoms with van der Waals surface area (Å²) in [5.74, 6) is -3.57. The maximum absolute atomic E-state index is 13.5. The molecule has 0 radical (unpaired) electrons. The van der Waals surface area contributed by atoms with Crippen LogP contribution in [0.4, 0.5) is 17.6 Å². The number of ether oxygens (including phenoxy) is 1. The van der Waals surface area contributed by atoms with Crippen molar-refractivity contribution >= 4 is 5.97 Å². The number of carbonyl (C=O) groups excluding carboxylic acids is 1. The van der Waals surface area contributed by atoms with Crippen LogP contribution in [-0.4, -0.2) is 12.1 Å². The molecule has 0 saturated carbocycles. The van der Waals surface area contributed by atoms with Crippen molar-refractivity contribution in [2.24, 2.45) is 0 Å². The van der Waals surface area contributed by atoms with Gasteiger partial charge in [0, 0.05) is 0 Å². The van der Waals surface area contributed by atoms with Crippen molar-refractivity contribution in [3.05, 3.63) is 60.0 Å². The first-order chi connectivity index (χ1) is 9.36. The molecule has 2 nitrogen and oxygen atoms in total. The quantitative estimate of drug-likeness (QED) is 0.353. The third-order valence-electron chi connectivity index (χ3n) is 2.35. The summed E-state index contributed by atoms with van der Waals surface area (Å²) in [5, 5.41) is 0. The summed E-state index contributed by atoms with van der Waals surface area (Å²) in [6.07, 6.45) is -4.87. The Morgan fingerprint density at radius 3 is 2.35 bits per heavy atom. The fourth-order valence-electron chi connectivity index (χ4n) is 1.38. The van der Waals surface area contributed by atoms with E-state index in [-0.39, 0.29) is 6.61 Å². The molecule has 0 atom stereocenters. The average molecular weight is 288 g/mol. The lowest BCUT2D eigenvalue weighted by molar-refractivity contribution is -0.143. The summed E-state index contributed by atoms with van der Waals surface area (Å²) >= 11 is 0. The van der Waals surface area contributed by atoms with Crippen molar-refractivity contribution in [2.45, 2.75) is 19.2 Å². The number of allylic oxidation sites excluding steroid dienone is 2. The zero-order valence-corrected chi connectivity index (χ0v) is 10.4. The average Bonchev–Trinajstić information content (AvgIpc) is 2.41. The lowest BCUT2D eigenvalue weighted by Gasteiger charge is -2.11. The predicted molar refractivity (Wildman–Crippen MR) is 65.2 cm³/mol. The van der Waals surface area contributed by atoms with Gasteiger partial charge in [-0.05, 0) is 12.0 Å². The van der Waals surface area contributed by atoms with Crippen LogP contribution in [0.1, 0.15) is 12.0 Å². The van der Waals surface area contributed by atoms with Crippen LogP contribution in [-0.2, 0) is 16.1 Å². The van der Waals surface area contributed by atoms with Crippen LogP contribution in [0.3, 0.4) is 0 Å². The van der Waals surface area contributed by atoms with Gasteiger partial charge in [-0.1, -0.05) is 36.4 Å². The Morgan fingerprint density at radius 2 is 1.85 bits per heavy atom. The van der Waals surface area contributed by atoms with Crippen LogP contribution >= 0.6 is 0 Å². The van der Waals surface area contributed by atoms with Gasteiger partial charge in [-0.3, -0.25) is 0 Å². The van der Waals surface area contributed by atoms with Gasteiger partial charge in [0.05, 0.1) is 5.57 Å². The minimum Gasteiger partial charge on any atom is -0.456 e. The SMILES string of the molecule is C=CC/C(=C(\F)C(=O)OCc1ccccc1)C(F)(F)F. The first-order valence-electron chi connectivity index (χ1n) is 5.64. The first kappa shape index (κ1) is 15.9. The van der Waals surface area contributed by atoms with Crippen LogP contribution < -0.4 is 0 Å². The Hall–Kier alpha value is -2.11. The van der Waals surface area contributed by atoms with Crippen molar-refractivity contribution in [3.63, 3.8) is 0 Å². The number of rotatable bonds is 5. The van der Waals surface area contributed by atoms with E-state index in [4.69, 9.17) is 0 Å². The molecule has 0 fully saturated rings. The zero-order valence-electron chi connectivity index (χ0n) is 10.4. The van der Waals surface area contributed by atoms with E-state index >= 15 is 0 Å². The van der Waals surface area contributed by atoms with E-state index in [1.165, 1.54) is 0 Å². The Kier molecular flexibility index (Phi) is 5.49. The Balaban J connectivity index is 2.81. The molecule has 0 aliphatic carbocycles. The predicted octanol–water partition coefficient (Wildman–Crippen LogP) is 4.09. The Bertz CT molecular complexity index is 504. The standard InChI is InChI=1S/C14H12F4O2/c1-2-6-11(14(16,17)18)12(15)13(19)20-9-10-7-4-3-5-8-10/h2-5,7-8H,1,6,9H2/b12-11+. The third-order valence-corrected chi connectivity index (χ3v) is 2.35. The molecule has 0 aliphatic heterocycles. The highest BCUT2D eigenvalue weighted by Gasteiger charge is 2.38. The van der Waals surface area contributed by atoms with Crippen molar-refractivity contribution in [2.75, 3.05) is 0 Å². The second-order valence-electron chi connectivity index (χ2n) is 3.84.